The maximum atomic E-state index is 12.8. The number of nitrogens with zero attached hydrogens (tertiary/aromatic N) is 4. The molecule has 0 fully saturated rings. The molecule has 0 aliphatic heterocycles. The molecule has 2 aromatic heterocycles. The van der Waals surface area contributed by atoms with Crippen LogP contribution in [0.1, 0.15) is 21.8 Å². The quantitative estimate of drug-likeness (QED) is 0.501. The molecule has 0 aliphatic rings. The SMILES string of the molecule is COc1ccc(Cl)cc1C(=O)Nc1ccccc1Cc1nc(-c2cnccn2)no1. The highest BCUT2D eigenvalue weighted by atomic mass is 35.5. The predicted octanol–water partition coefficient (Wildman–Crippen LogP) is 4.03. The minimum Gasteiger partial charge on any atom is -0.496 e. The lowest BCUT2D eigenvalue weighted by Crippen LogP contribution is -2.14. The van der Waals surface area contributed by atoms with E-state index in [1.807, 2.05) is 18.2 Å². The van der Waals surface area contributed by atoms with Gasteiger partial charge < -0.3 is 14.6 Å². The van der Waals surface area contributed by atoms with Crippen LogP contribution >= 0.6 is 11.6 Å². The third-order valence-corrected chi connectivity index (χ3v) is 4.51. The van der Waals surface area contributed by atoms with E-state index >= 15 is 0 Å². The van der Waals surface area contributed by atoms with Crippen molar-refractivity contribution in [2.24, 2.45) is 0 Å². The van der Waals surface area contributed by atoms with Crippen molar-refractivity contribution in [1.29, 1.82) is 0 Å². The van der Waals surface area contributed by atoms with Crippen LogP contribution in [-0.4, -0.2) is 33.1 Å². The largest absolute Gasteiger partial charge is 0.496 e. The average molecular weight is 422 g/mol. The second-order valence-corrected chi connectivity index (χ2v) is 6.67. The molecule has 1 amide bonds. The van der Waals surface area contributed by atoms with Crippen molar-refractivity contribution in [2.75, 3.05) is 12.4 Å². The molecule has 9 heteroatoms. The van der Waals surface area contributed by atoms with Crippen LogP contribution in [0.25, 0.3) is 11.5 Å². The van der Waals surface area contributed by atoms with Crippen molar-refractivity contribution in [1.82, 2.24) is 20.1 Å². The van der Waals surface area contributed by atoms with Gasteiger partial charge in [0.1, 0.15) is 11.4 Å². The number of rotatable bonds is 6. The van der Waals surface area contributed by atoms with Gasteiger partial charge >= 0.3 is 0 Å². The van der Waals surface area contributed by atoms with Gasteiger partial charge in [-0.15, -0.1) is 0 Å². The van der Waals surface area contributed by atoms with E-state index in [1.54, 1.807) is 42.9 Å². The molecule has 0 spiro atoms. The molecule has 2 aromatic carbocycles. The van der Waals surface area contributed by atoms with Crippen LogP contribution in [0.5, 0.6) is 5.75 Å². The molecule has 0 bridgehead atoms. The van der Waals surface area contributed by atoms with Crippen molar-refractivity contribution in [3.05, 3.63) is 83.1 Å². The van der Waals surface area contributed by atoms with Crippen molar-refractivity contribution in [3.63, 3.8) is 0 Å². The maximum absolute atomic E-state index is 12.8. The van der Waals surface area contributed by atoms with Crippen LogP contribution in [0.2, 0.25) is 5.02 Å². The van der Waals surface area contributed by atoms with Crippen LogP contribution < -0.4 is 10.1 Å². The Hall–Kier alpha value is -3.78. The third-order valence-electron chi connectivity index (χ3n) is 4.27. The number of benzene rings is 2. The van der Waals surface area contributed by atoms with Gasteiger partial charge in [-0.05, 0) is 29.8 Å². The maximum Gasteiger partial charge on any atom is 0.259 e. The summed E-state index contributed by atoms with van der Waals surface area (Å²) >= 11 is 6.04. The molecule has 0 unspecified atom stereocenters. The first-order valence-electron chi connectivity index (χ1n) is 8.96. The van der Waals surface area contributed by atoms with Gasteiger partial charge in [-0.1, -0.05) is 35.0 Å². The molecular formula is C21H16ClN5O3. The number of carbonyl (C=O) groups is 1. The summed E-state index contributed by atoms with van der Waals surface area (Å²) in [6.07, 6.45) is 5.01. The van der Waals surface area contributed by atoms with Gasteiger partial charge in [0, 0.05) is 23.1 Å². The summed E-state index contributed by atoms with van der Waals surface area (Å²) in [5.74, 6) is 0.827. The van der Waals surface area contributed by atoms with Gasteiger partial charge in [0.05, 0.1) is 25.3 Å². The zero-order chi connectivity index (χ0) is 20.9. The van der Waals surface area contributed by atoms with E-state index in [0.29, 0.717) is 45.9 Å². The molecule has 0 saturated carbocycles. The Labute approximate surface area is 176 Å². The van der Waals surface area contributed by atoms with Crippen molar-refractivity contribution in [2.45, 2.75) is 6.42 Å². The number of ether oxygens (including phenoxy) is 1. The van der Waals surface area contributed by atoms with Gasteiger partial charge in [0.25, 0.3) is 5.91 Å². The summed E-state index contributed by atoms with van der Waals surface area (Å²) in [5, 5.41) is 7.29. The fourth-order valence-electron chi connectivity index (χ4n) is 2.85. The zero-order valence-corrected chi connectivity index (χ0v) is 16.6. The summed E-state index contributed by atoms with van der Waals surface area (Å²) in [7, 11) is 1.50. The van der Waals surface area contributed by atoms with Crippen molar-refractivity contribution in [3.8, 4) is 17.3 Å². The van der Waals surface area contributed by atoms with Crippen LogP contribution in [0.4, 0.5) is 5.69 Å². The number of carbonyl (C=O) groups excluding carboxylic acids is 1. The Morgan fingerprint density at radius 1 is 1.20 bits per heavy atom. The Morgan fingerprint density at radius 3 is 2.87 bits per heavy atom. The number of nitrogens with one attached hydrogen (secondary N) is 1. The number of methoxy groups -OCH3 is 1. The van der Waals surface area contributed by atoms with Crippen LogP contribution in [-0.2, 0) is 6.42 Å². The lowest BCUT2D eigenvalue weighted by Gasteiger charge is -2.12. The summed E-state index contributed by atoms with van der Waals surface area (Å²) < 4.78 is 10.6. The third kappa shape index (κ3) is 4.28. The fraction of sp³-hybridized carbons (Fsp3) is 0.0952. The highest BCUT2D eigenvalue weighted by molar-refractivity contribution is 6.31. The summed E-state index contributed by atoms with van der Waals surface area (Å²) in [5.41, 5.74) is 2.27. The van der Waals surface area contributed by atoms with Crippen LogP contribution in [0, 0.1) is 0 Å². The lowest BCUT2D eigenvalue weighted by atomic mass is 10.1. The highest BCUT2D eigenvalue weighted by Crippen LogP contribution is 2.25. The van der Waals surface area contributed by atoms with E-state index in [1.165, 1.54) is 7.11 Å². The molecule has 0 saturated heterocycles. The van der Waals surface area contributed by atoms with Crippen LogP contribution in [0.3, 0.4) is 0 Å². The van der Waals surface area contributed by atoms with Gasteiger partial charge in [-0.3, -0.25) is 9.78 Å². The number of anilines is 1. The second kappa shape index (κ2) is 8.71. The van der Waals surface area contributed by atoms with E-state index < -0.39 is 0 Å². The number of aromatic nitrogens is 4. The first-order valence-corrected chi connectivity index (χ1v) is 9.33. The summed E-state index contributed by atoms with van der Waals surface area (Å²) in [6, 6.07) is 12.2. The molecule has 4 rings (SSSR count). The van der Waals surface area contributed by atoms with E-state index in [2.05, 4.69) is 25.4 Å². The molecule has 30 heavy (non-hydrogen) atoms. The molecule has 0 aliphatic carbocycles. The number of para-hydroxylation sites is 1. The van der Waals surface area contributed by atoms with Gasteiger partial charge in [-0.25, -0.2) is 4.98 Å². The second-order valence-electron chi connectivity index (χ2n) is 6.24. The highest BCUT2D eigenvalue weighted by Gasteiger charge is 2.16. The number of hydrogen-bond donors (Lipinski definition) is 1. The minimum atomic E-state index is -0.340. The number of hydrogen-bond acceptors (Lipinski definition) is 7. The normalized spacial score (nSPS) is 10.6. The minimum absolute atomic E-state index is 0.330. The topological polar surface area (TPSA) is 103 Å². The van der Waals surface area contributed by atoms with E-state index in [4.69, 9.17) is 20.9 Å². The first-order chi connectivity index (χ1) is 14.6. The molecule has 150 valence electrons. The van der Waals surface area contributed by atoms with Gasteiger partial charge in [0.15, 0.2) is 0 Å². The average Bonchev–Trinajstić information content (AvgIpc) is 3.24. The first kappa shape index (κ1) is 19.5. The molecule has 2 heterocycles. The molecular weight excluding hydrogens is 406 g/mol. The lowest BCUT2D eigenvalue weighted by molar-refractivity contribution is 0.102. The summed E-state index contributed by atoms with van der Waals surface area (Å²) in [4.78, 5) is 25.3. The van der Waals surface area contributed by atoms with Crippen LogP contribution in [0.15, 0.2) is 65.6 Å². The number of halogens is 1. The monoisotopic (exact) mass is 421 g/mol. The Balaban J connectivity index is 1.56. The predicted molar refractivity (Wildman–Crippen MR) is 111 cm³/mol. The Kier molecular flexibility index (Phi) is 5.67. The van der Waals surface area contributed by atoms with Gasteiger partial charge in [0.2, 0.25) is 11.7 Å². The summed E-state index contributed by atoms with van der Waals surface area (Å²) in [6.45, 7) is 0. The molecule has 4 aromatic rings. The Morgan fingerprint density at radius 2 is 2.07 bits per heavy atom. The number of amides is 1. The zero-order valence-electron chi connectivity index (χ0n) is 15.9. The smallest absolute Gasteiger partial charge is 0.259 e. The molecule has 0 radical (unpaired) electrons. The van der Waals surface area contributed by atoms with E-state index in [9.17, 15) is 4.79 Å². The fourth-order valence-corrected chi connectivity index (χ4v) is 3.02. The van der Waals surface area contributed by atoms with E-state index in [0.717, 1.165) is 5.56 Å². The molecule has 8 nitrogen and oxygen atoms in total. The van der Waals surface area contributed by atoms with E-state index in [-0.39, 0.29) is 5.91 Å². The van der Waals surface area contributed by atoms with Gasteiger partial charge in [-0.2, -0.15) is 4.98 Å². The molecule has 1 N–H and O–H groups in total. The standard InChI is InChI=1S/C21H16ClN5O3/c1-29-18-7-6-14(22)11-15(18)21(28)25-16-5-3-2-4-13(16)10-19-26-20(27-30-19)17-12-23-8-9-24-17/h2-9,11-12H,10H2,1H3,(H,25,28). The van der Waals surface area contributed by atoms with Crippen molar-refractivity contribution >= 4 is 23.2 Å². The van der Waals surface area contributed by atoms with Crippen molar-refractivity contribution < 1.29 is 14.1 Å². The Bertz CT molecular complexity index is 1180. The molecule has 0 atom stereocenters.